The maximum Gasteiger partial charge on any atom is 0.338 e. The van der Waals surface area contributed by atoms with E-state index in [1.165, 1.54) is 6.07 Å². The van der Waals surface area contributed by atoms with Crippen molar-refractivity contribution in [1.82, 2.24) is 5.32 Å². The molecule has 2 aliphatic rings. The Morgan fingerprint density at radius 2 is 1.50 bits per heavy atom. The fourth-order valence-corrected chi connectivity index (χ4v) is 5.16. The molecule has 10 heteroatoms. The summed E-state index contributed by atoms with van der Waals surface area (Å²) in [6, 6.07) is 10.3. The van der Waals surface area contributed by atoms with Gasteiger partial charge in [0, 0.05) is 5.56 Å². The molecule has 0 bridgehead atoms. The van der Waals surface area contributed by atoms with Crippen LogP contribution in [0.1, 0.15) is 43.9 Å². The van der Waals surface area contributed by atoms with Crippen LogP contribution in [-0.2, 0) is 33.4 Å². The van der Waals surface area contributed by atoms with Gasteiger partial charge in [0.15, 0.2) is 5.41 Å². The van der Waals surface area contributed by atoms with Crippen LogP contribution < -0.4 is 10.1 Å². The van der Waals surface area contributed by atoms with E-state index in [1.807, 2.05) is 0 Å². The molecule has 0 radical (unpaired) electrons. The largest absolute Gasteiger partial charge is 0.465 e. The number of fused-ring (bicyclic) bond motifs is 3. The average molecular weight is 499 g/mol. The molecule has 0 spiro atoms. The Bertz CT molecular complexity index is 1180. The van der Waals surface area contributed by atoms with Crippen molar-refractivity contribution in [2.75, 3.05) is 19.8 Å². The van der Waals surface area contributed by atoms with Crippen LogP contribution in [0.5, 0.6) is 5.75 Å². The van der Waals surface area contributed by atoms with Crippen LogP contribution in [0.25, 0.3) is 0 Å². The van der Waals surface area contributed by atoms with E-state index < -0.39 is 52.6 Å². The maximum atomic E-state index is 14.6. The van der Waals surface area contributed by atoms with Crippen LogP contribution in [0.15, 0.2) is 48.5 Å². The Morgan fingerprint density at radius 1 is 0.917 bits per heavy atom. The van der Waals surface area contributed by atoms with Gasteiger partial charge in [-0.05, 0) is 44.5 Å². The molecule has 0 saturated carbocycles. The SMILES string of the molecule is CCOC(=O)C1(C(=O)OCC)N[C@@H](c2ccccc2)[C@]2(C(=O)OCC)C(=O)Oc3ccc(F)cc3[C@H]12. The van der Waals surface area contributed by atoms with Crippen molar-refractivity contribution in [2.45, 2.75) is 38.3 Å². The first-order valence-electron chi connectivity index (χ1n) is 11.6. The zero-order chi connectivity index (χ0) is 26.1. The summed E-state index contributed by atoms with van der Waals surface area (Å²) < 4.78 is 36.1. The molecule has 190 valence electrons. The molecule has 1 N–H and O–H groups in total. The highest BCUT2D eigenvalue weighted by Crippen LogP contribution is 2.62. The van der Waals surface area contributed by atoms with E-state index in [0.717, 1.165) is 12.1 Å². The second kappa shape index (κ2) is 9.69. The number of carbonyl (C=O) groups is 4. The number of nitrogens with one attached hydrogen (secondary N) is 1. The van der Waals surface area contributed by atoms with Gasteiger partial charge in [-0.2, -0.15) is 0 Å². The number of hydrogen-bond acceptors (Lipinski definition) is 9. The van der Waals surface area contributed by atoms with Crippen LogP contribution >= 0.6 is 0 Å². The first-order valence-corrected chi connectivity index (χ1v) is 11.6. The summed E-state index contributed by atoms with van der Waals surface area (Å²) in [6.45, 7) is 4.30. The van der Waals surface area contributed by atoms with Gasteiger partial charge in [-0.1, -0.05) is 30.3 Å². The molecule has 3 atom stereocenters. The highest BCUT2D eigenvalue weighted by molar-refractivity contribution is 6.14. The Hall–Kier alpha value is -3.79. The summed E-state index contributed by atoms with van der Waals surface area (Å²) in [5.74, 6) is -6.68. The Labute approximate surface area is 206 Å². The van der Waals surface area contributed by atoms with E-state index in [-0.39, 0.29) is 31.1 Å². The average Bonchev–Trinajstić information content (AvgIpc) is 3.21. The normalized spacial score (nSPS) is 23.6. The fourth-order valence-electron chi connectivity index (χ4n) is 5.16. The van der Waals surface area contributed by atoms with Crippen molar-refractivity contribution in [3.05, 3.63) is 65.5 Å². The van der Waals surface area contributed by atoms with Gasteiger partial charge in [-0.25, -0.2) is 14.0 Å². The number of hydrogen-bond donors (Lipinski definition) is 1. The van der Waals surface area contributed by atoms with E-state index in [0.29, 0.717) is 5.56 Å². The van der Waals surface area contributed by atoms with Gasteiger partial charge in [0.1, 0.15) is 11.6 Å². The zero-order valence-electron chi connectivity index (χ0n) is 20.0. The molecule has 0 amide bonds. The van der Waals surface area contributed by atoms with Crippen molar-refractivity contribution >= 4 is 23.9 Å². The lowest BCUT2D eigenvalue weighted by molar-refractivity contribution is -0.174. The topological polar surface area (TPSA) is 117 Å². The summed E-state index contributed by atoms with van der Waals surface area (Å²) in [5.41, 5.74) is -4.35. The molecule has 2 aliphatic heterocycles. The summed E-state index contributed by atoms with van der Waals surface area (Å²) in [5, 5.41) is 2.93. The van der Waals surface area contributed by atoms with E-state index in [9.17, 15) is 23.6 Å². The Morgan fingerprint density at radius 3 is 2.08 bits per heavy atom. The third kappa shape index (κ3) is 3.55. The monoisotopic (exact) mass is 499 g/mol. The van der Waals surface area contributed by atoms with Crippen molar-refractivity contribution in [1.29, 1.82) is 0 Å². The van der Waals surface area contributed by atoms with Gasteiger partial charge in [-0.15, -0.1) is 0 Å². The Balaban J connectivity index is 2.14. The van der Waals surface area contributed by atoms with Gasteiger partial charge in [0.25, 0.3) is 0 Å². The standard InChI is InChI=1S/C26H26FNO8/c1-4-33-21(29)25-19(17-14-16(27)12-13-18(17)36-22(25)30)26(23(31)34-5-2,24(32)35-6-3)28-20(25)15-10-8-7-9-11-15/h7-14,19-20,28H,4-6H2,1-3H3/t19-,20-,25+/m0/s1. The second-order valence-electron chi connectivity index (χ2n) is 8.33. The van der Waals surface area contributed by atoms with Crippen LogP contribution in [-0.4, -0.2) is 49.2 Å². The van der Waals surface area contributed by atoms with E-state index in [2.05, 4.69) is 5.32 Å². The highest BCUT2D eigenvalue weighted by Gasteiger charge is 2.79. The molecule has 0 aromatic heterocycles. The first kappa shape index (κ1) is 25.3. The maximum absolute atomic E-state index is 14.6. The van der Waals surface area contributed by atoms with Gasteiger partial charge >= 0.3 is 23.9 Å². The molecule has 0 aliphatic carbocycles. The van der Waals surface area contributed by atoms with Gasteiger partial charge in [-0.3, -0.25) is 14.9 Å². The van der Waals surface area contributed by atoms with Gasteiger partial charge < -0.3 is 18.9 Å². The van der Waals surface area contributed by atoms with E-state index >= 15 is 0 Å². The first-order chi connectivity index (χ1) is 17.3. The van der Waals surface area contributed by atoms with E-state index in [4.69, 9.17) is 18.9 Å². The number of ether oxygens (including phenoxy) is 4. The summed E-state index contributed by atoms with van der Waals surface area (Å²) in [6.07, 6.45) is 0. The molecule has 36 heavy (non-hydrogen) atoms. The van der Waals surface area contributed by atoms with Crippen LogP contribution in [0.4, 0.5) is 4.39 Å². The second-order valence-corrected chi connectivity index (χ2v) is 8.33. The van der Waals surface area contributed by atoms with Crippen molar-refractivity contribution in [3.63, 3.8) is 0 Å². The summed E-state index contributed by atoms with van der Waals surface area (Å²) in [4.78, 5) is 54.9. The van der Waals surface area contributed by atoms with Crippen LogP contribution in [0, 0.1) is 11.2 Å². The minimum atomic E-state index is -2.40. The van der Waals surface area contributed by atoms with Crippen molar-refractivity contribution < 1.29 is 42.5 Å². The quantitative estimate of drug-likeness (QED) is 0.265. The summed E-state index contributed by atoms with van der Waals surface area (Å²) in [7, 11) is 0. The number of benzene rings is 2. The molecule has 9 nitrogen and oxygen atoms in total. The number of halogens is 1. The van der Waals surface area contributed by atoms with Crippen molar-refractivity contribution in [3.8, 4) is 5.75 Å². The van der Waals surface area contributed by atoms with Crippen molar-refractivity contribution in [2.24, 2.45) is 5.41 Å². The number of esters is 4. The smallest absolute Gasteiger partial charge is 0.338 e. The molecule has 4 rings (SSSR count). The third-order valence-corrected chi connectivity index (χ3v) is 6.48. The minimum Gasteiger partial charge on any atom is -0.465 e. The molecule has 0 unspecified atom stereocenters. The number of carbonyl (C=O) groups excluding carboxylic acids is 4. The van der Waals surface area contributed by atoms with Crippen LogP contribution in [0.2, 0.25) is 0 Å². The molecule has 1 saturated heterocycles. The van der Waals surface area contributed by atoms with E-state index in [1.54, 1.807) is 51.1 Å². The predicted molar refractivity (Wildman–Crippen MR) is 122 cm³/mol. The zero-order valence-corrected chi connectivity index (χ0v) is 20.0. The molecule has 2 aromatic carbocycles. The molecule has 2 aromatic rings. The van der Waals surface area contributed by atoms with Crippen LogP contribution in [0.3, 0.4) is 0 Å². The van der Waals surface area contributed by atoms with Gasteiger partial charge in [0.05, 0.1) is 31.8 Å². The third-order valence-electron chi connectivity index (χ3n) is 6.48. The predicted octanol–water partition coefficient (Wildman–Crippen LogP) is 2.59. The molecule has 1 fully saturated rings. The molecular formula is C26H26FNO8. The van der Waals surface area contributed by atoms with Gasteiger partial charge in [0.2, 0.25) is 5.54 Å². The highest BCUT2D eigenvalue weighted by atomic mass is 19.1. The minimum absolute atomic E-state index is 0.0466. The molecule has 2 heterocycles. The number of rotatable bonds is 7. The molecular weight excluding hydrogens is 473 g/mol. The Kier molecular flexibility index (Phi) is 6.81. The lowest BCUT2D eigenvalue weighted by Crippen LogP contribution is -2.61. The fraction of sp³-hybridized carbons (Fsp3) is 0.385. The lowest BCUT2D eigenvalue weighted by atomic mass is 9.61. The summed E-state index contributed by atoms with van der Waals surface area (Å²) >= 11 is 0. The lowest BCUT2D eigenvalue weighted by Gasteiger charge is -2.41.